The molecule has 1 unspecified atom stereocenters. The Morgan fingerprint density at radius 2 is 2.13 bits per heavy atom. The Morgan fingerprint density at radius 3 is 2.84 bits per heavy atom. The summed E-state index contributed by atoms with van der Waals surface area (Å²) in [6.45, 7) is 2.54. The number of hydrogen-bond acceptors (Lipinski definition) is 6. The highest BCUT2D eigenvalue weighted by Gasteiger charge is 2.30. The number of nitrogens with zero attached hydrogens (tertiary/aromatic N) is 3. The number of benzene rings is 1. The van der Waals surface area contributed by atoms with E-state index >= 15 is 0 Å². The van der Waals surface area contributed by atoms with Crippen LogP contribution >= 0.6 is 15.9 Å². The number of methoxy groups -OCH3 is 1. The zero-order valence-electron chi connectivity index (χ0n) is 17.4. The molecule has 0 spiro atoms. The second-order valence-electron chi connectivity index (χ2n) is 7.50. The molecule has 2 aromatic heterocycles. The quantitative estimate of drug-likeness (QED) is 0.358. The first-order chi connectivity index (χ1) is 14.9. The molecule has 0 saturated carbocycles. The molecule has 1 aliphatic rings. The van der Waals surface area contributed by atoms with Crippen molar-refractivity contribution in [3.63, 3.8) is 0 Å². The van der Waals surface area contributed by atoms with Crippen molar-refractivity contribution < 1.29 is 13.5 Å². The number of aromatic nitrogens is 3. The Kier molecular flexibility index (Phi) is 6.58. The maximum Gasteiger partial charge on any atom is 0.323 e. The van der Waals surface area contributed by atoms with Gasteiger partial charge in [0, 0.05) is 56.7 Å². The first kappa shape index (κ1) is 22.2. The number of halogens is 1. The van der Waals surface area contributed by atoms with Crippen LogP contribution in [0, 0.1) is 5.92 Å². The van der Waals surface area contributed by atoms with Gasteiger partial charge in [-0.05, 0) is 45.0 Å². The van der Waals surface area contributed by atoms with Gasteiger partial charge >= 0.3 is 10.4 Å². The Hall–Kier alpha value is -2.05. The fourth-order valence-corrected chi connectivity index (χ4v) is 5.16. The molecule has 0 amide bonds. The number of piperidine rings is 1. The molecule has 1 aliphatic heterocycles. The van der Waals surface area contributed by atoms with Crippen LogP contribution in [0.4, 0.5) is 17.2 Å². The first-order valence-electron chi connectivity index (χ1n) is 10.0. The Bertz CT molecular complexity index is 1120. The van der Waals surface area contributed by atoms with E-state index in [-0.39, 0.29) is 0 Å². The van der Waals surface area contributed by atoms with Crippen LogP contribution in [0.1, 0.15) is 12.8 Å². The number of H-pyrrole nitrogens is 1. The number of fused-ring (bicyclic) bond motifs is 1. The minimum absolute atomic E-state index is 0.300. The standard InChI is InChI=1S/C20H25BrN6O3S/c1-22-31(28,29)14-3-4-17(27-7-5-13(6-8-27)11-30-2)16(9-14)26-20-18-15(21)10-23-19(18)24-12-25-20/h3-4,9-10,12-13H,5-8,11H2,1-2H3,(H3-,22,23,24,25,26,28,29)/p+1. The highest BCUT2D eigenvalue weighted by atomic mass is 79.9. The molecule has 1 atom stereocenters. The molecule has 4 rings (SSSR count). The monoisotopic (exact) mass is 509 g/mol. The summed E-state index contributed by atoms with van der Waals surface area (Å²) in [5.74, 6) is 1.16. The molecule has 31 heavy (non-hydrogen) atoms. The molecule has 0 radical (unpaired) electrons. The highest BCUT2D eigenvalue weighted by Crippen LogP contribution is 2.36. The summed E-state index contributed by atoms with van der Waals surface area (Å²) in [6, 6.07) is 5.30. The van der Waals surface area contributed by atoms with E-state index in [9.17, 15) is 8.76 Å². The summed E-state index contributed by atoms with van der Waals surface area (Å²) < 4.78 is 31.5. The van der Waals surface area contributed by atoms with E-state index in [0.29, 0.717) is 28.0 Å². The summed E-state index contributed by atoms with van der Waals surface area (Å²) >= 11 is 3.54. The molecule has 1 fully saturated rings. The van der Waals surface area contributed by atoms with Gasteiger partial charge in [0.2, 0.25) is 4.90 Å². The first-order valence-corrected chi connectivity index (χ1v) is 12.3. The fraction of sp³-hybridized carbons (Fsp3) is 0.400. The summed E-state index contributed by atoms with van der Waals surface area (Å²) in [7, 11) is -0.134. The van der Waals surface area contributed by atoms with Crippen molar-refractivity contribution in [3.05, 3.63) is 35.2 Å². The van der Waals surface area contributed by atoms with Gasteiger partial charge in [-0.2, -0.15) is 4.55 Å². The van der Waals surface area contributed by atoms with E-state index in [0.717, 1.165) is 48.1 Å². The second-order valence-corrected chi connectivity index (χ2v) is 10.3. The van der Waals surface area contributed by atoms with Crippen LogP contribution in [-0.2, 0) is 19.3 Å². The van der Waals surface area contributed by atoms with Gasteiger partial charge in [0.15, 0.2) is 0 Å². The van der Waals surface area contributed by atoms with Crippen molar-refractivity contribution in [2.24, 2.45) is 5.92 Å². The van der Waals surface area contributed by atoms with Gasteiger partial charge < -0.3 is 19.9 Å². The van der Waals surface area contributed by atoms with Crippen molar-refractivity contribution >= 4 is 54.6 Å². The molecule has 1 saturated heterocycles. The highest BCUT2D eigenvalue weighted by molar-refractivity contribution is 9.10. The second kappa shape index (κ2) is 9.21. The largest absolute Gasteiger partial charge is 0.384 e. The maximum atomic E-state index is 12.5. The van der Waals surface area contributed by atoms with Crippen LogP contribution in [0.15, 0.2) is 40.1 Å². The molecule has 11 heteroatoms. The number of hydrogen-bond donors (Lipinski definition) is 4. The van der Waals surface area contributed by atoms with Gasteiger partial charge in [0.05, 0.1) is 16.8 Å². The molecular formula is C20H26BrN6O3S+. The molecule has 166 valence electrons. The van der Waals surface area contributed by atoms with Crippen LogP contribution in [-0.4, -0.2) is 53.4 Å². The van der Waals surface area contributed by atoms with Crippen molar-refractivity contribution in [1.82, 2.24) is 19.7 Å². The molecule has 1 aromatic carbocycles. The van der Waals surface area contributed by atoms with Gasteiger partial charge in [0.1, 0.15) is 17.8 Å². The Balaban J connectivity index is 1.72. The third kappa shape index (κ3) is 4.60. The predicted molar refractivity (Wildman–Crippen MR) is 126 cm³/mol. The van der Waals surface area contributed by atoms with Crippen molar-refractivity contribution in [1.29, 1.82) is 0 Å². The van der Waals surface area contributed by atoms with E-state index in [1.165, 1.54) is 13.4 Å². The van der Waals surface area contributed by atoms with Gasteiger partial charge in [-0.15, -0.1) is 4.72 Å². The molecule has 0 aliphatic carbocycles. The lowest BCUT2D eigenvalue weighted by Crippen LogP contribution is -2.35. The molecular weight excluding hydrogens is 484 g/mol. The van der Waals surface area contributed by atoms with Crippen LogP contribution in [0.3, 0.4) is 0 Å². The average molecular weight is 510 g/mol. The number of anilines is 3. The third-order valence-corrected chi connectivity index (χ3v) is 7.67. The van der Waals surface area contributed by atoms with E-state index in [1.54, 1.807) is 19.2 Å². The van der Waals surface area contributed by atoms with Gasteiger partial charge in [0.25, 0.3) is 0 Å². The van der Waals surface area contributed by atoms with Gasteiger partial charge in [-0.25, -0.2) is 9.97 Å². The number of nitrogens with one attached hydrogen (secondary N) is 3. The van der Waals surface area contributed by atoms with Gasteiger partial charge in [-0.1, -0.05) is 0 Å². The average Bonchev–Trinajstić information content (AvgIpc) is 3.16. The van der Waals surface area contributed by atoms with Crippen molar-refractivity contribution in [2.75, 3.05) is 44.1 Å². The summed E-state index contributed by atoms with van der Waals surface area (Å²) in [4.78, 5) is 14.4. The predicted octanol–water partition coefficient (Wildman–Crippen LogP) is 3.79. The topological polar surface area (TPSA) is 115 Å². The molecule has 3 aromatic rings. The van der Waals surface area contributed by atoms with Crippen LogP contribution in [0.5, 0.6) is 0 Å². The van der Waals surface area contributed by atoms with Crippen LogP contribution in [0.25, 0.3) is 11.0 Å². The molecule has 9 nitrogen and oxygen atoms in total. The lowest BCUT2D eigenvalue weighted by molar-refractivity contribution is 0.139. The summed E-state index contributed by atoms with van der Waals surface area (Å²) in [5, 5.41) is 4.20. The molecule has 4 N–H and O–H groups in total. The smallest absolute Gasteiger partial charge is 0.323 e. The number of aromatic amines is 1. The molecule has 3 heterocycles. The minimum Gasteiger partial charge on any atom is -0.384 e. The van der Waals surface area contributed by atoms with E-state index in [4.69, 9.17) is 4.74 Å². The lowest BCUT2D eigenvalue weighted by atomic mass is 9.97. The van der Waals surface area contributed by atoms with Crippen LogP contribution < -0.4 is 14.9 Å². The number of ether oxygens (including phenoxy) is 1. The summed E-state index contributed by atoms with van der Waals surface area (Å²) in [5.41, 5.74) is 2.38. The summed E-state index contributed by atoms with van der Waals surface area (Å²) in [6.07, 6.45) is 5.35. The van der Waals surface area contributed by atoms with Crippen molar-refractivity contribution in [2.45, 2.75) is 17.7 Å². The third-order valence-electron chi connectivity index (χ3n) is 5.60. The van der Waals surface area contributed by atoms with Crippen LogP contribution in [0.2, 0.25) is 0 Å². The van der Waals surface area contributed by atoms with E-state index in [1.807, 2.05) is 12.3 Å². The fourth-order valence-electron chi connectivity index (χ4n) is 3.90. The Morgan fingerprint density at radius 1 is 1.35 bits per heavy atom. The zero-order chi connectivity index (χ0) is 22.0. The minimum atomic E-state index is -3.34. The maximum absolute atomic E-state index is 12.5. The zero-order valence-corrected chi connectivity index (χ0v) is 19.8. The SMILES string of the molecule is CN[S+](=O)(O)c1ccc(N2CCC(COC)CC2)c(Nc2ncnc3[nH]cc(Br)c23)c1. The normalized spacial score (nSPS) is 17.1. The van der Waals surface area contributed by atoms with Crippen molar-refractivity contribution in [3.8, 4) is 0 Å². The lowest BCUT2D eigenvalue weighted by Gasteiger charge is -2.34. The van der Waals surface area contributed by atoms with E-state index < -0.39 is 10.4 Å². The number of rotatable bonds is 7. The molecule has 0 bridgehead atoms. The van der Waals surface area contributed by atoms with E-state index in [2.05, 4.69) is 45.8 Å². The van der Waals surface area contributed by atoms with Gasteiger partial charge in [-0.3, -0.25) is 0 Å². The Labute approximate surface area is 190 Å².